The van der Waals surface area contributed by atoms with Crippen LogP contribution in [0.5, 0.6) is 0 Å². The van der Waals surface area contributed by atoms with Crippen LogP contribution >= 0.6 is 22.9 Å². The van der Waals surface area contributed by atoms with Crippen molar-refractivity contribution in [3.05, 3.63) is 17.0 Å². The first-order valence-corrected chi connectivity index (χ1v) is 9.05. The van der Waals surface area contributed by atoms with Gasteiger partial charge in [-0.05, 0) is 31.4 Å². The van der Waals surface area contributed by atoms with Crippen LogP contribution in [0.15, 0.2) is 16.3 Å². The Kier molecular flexibility index (Phi) is 5.25. The molecule has 4 nitrogen and oxygen atoms in total. The Morgan fingerprint density at radius 2 is 2.11 bits per heavy atom. The Morgan fingerprint density at radius 1 is 1.42 bits per heavy atom. The lowest BCUT2D eigenvalue weighted by Gasteiger charge is -2.29. The monoisotopic (exact) mass is 323 g/mol. The third-order valence-corrected chi connectivity index (χ3v) is 7.03. The van der Waals surface area contributed by atoms with E-state index in [4.69, 9.17) is 16.3 Å². The molecular weight excluding hydrogens is 306 g/mol. The second-order valence-corrected chi connectivity index (χ2v) is 8.30. The van der Waals surface area contributed by atoms with E-state index >= 15 is 0 Å². The van der Waals surface area contributed by atoms with Crippen LogP contribution in [0.1, 0.15) is 17.7 Å². The summed E-state index contributed by atoms with van der Waals surface area (Å²) in [5.41, 5.74) is 0. The Bertz CT molecular complexity index is 509. The molecule has 0 saturated carbocycles. The van der Waals surface area contributed by atoms with Gasteiger partial charge in [0.25, 0.3) is 10.0 Å². The van der Waals surface area contributed by atoms with Crippen molar-refractivity contribution in [2.75, 3.05) is 26.1 Å². The van der Waals surface area contributed by atoms with E-state index in [2.05, 4.69) is 0 Å². The number of sulfonamides is 1. The summed E-state index contributed by atoms with van der Waals surface area (Å²) in [6, 6.07) is 3.56. The van der Waals surface area contributed by atoms with Gasteiger partial charge in [-0.3, -0.25) is 0 Å². The van der Waals surface area contributed by atoms with Crippen LogP contribution in [0, 0.1) is 0 Å². The van der Waals surface area contributed by atoms with Crippen LogP contribution in [-0.2, 0) is 21.2 Å². The van der Waals surface area contributed by atoms with Gasteiger partial charge >= 0.3 is 0 Å². The Balaban J connectivity index is 2.15. The van der Waals surface area contributed by atoms with E-state index in [0.29, 0.717) is 29.7 Å². The molecule has 0 N–H and O–H groups in total. The van der Waals surface area contributed by atoms with E-state index in [9.17, 15) is 8.42 Å². The number of nitrogens with zero attached hydrogens (tertiary/aromatic N) is 1. The summed E-state index contributed by atoms with van der Waals surface area (Å²) in [7, 11) is -1.72. The van der Waals surface area contributed by atoms with Gasteiger partial charge in [0.05, 0.1) is 0 Å². The molecule has 0 radical (unpaired) electrons. The van der Waals surface area contributed by atoms with Crippen LogP contribution in [0.2, 0.25) is 0 Å². The maximum absolute atomic E-state index is 12.5. The first-order valence-electron chi connectivity index (χ1n) is 6.26. The van der Waals surface area contributed by atoms with E-state index in [0.717, 1.165) is 17.7 Å². The van der Waals surface area contributed by atoms with Crippen LogP contribution < -0.4 is 0 Å². The number of hydrogen-bond acceptors (Lipinski definition) is 4. The third-order valence-electron chi connectivity index (χ3n) is 3.32. The Hall–Kier alpha value is -0.140. The van der Waals surface area contributed by atoms with Gasteiger partial charge in [0, 0.05) is 37.1 Å². The summed E-state index contributed by atoms with van der Waals surface area (Å²) in [4.78, 5) is 1.01. The van der Waals surface area contributed by atoms with E-state index in [1.165, 1.54) is 15.6 Å². The van der Waals surface area contributed by atoms with Crippen molar-refractivity contribution < 1.29 is 13.2 Å². The first-order chi connectivity index (χ1) is 9.05. The number of alkyl halides is 1. The molecule has 0 amide bonds. The topological polar surface area (TPSA) is 46.6 Å². The fraction of sp³-hybridized carbons (Fsp3) is 0.667. The lowest BCUT2D eigenvalue weighted by molar-refractivity contribution is 0.0632. The number of rotatable bonds is 5. The summed E-state index contributed by atoms with van der Waals surface area (Å²) >= 11 is 6.99. The van der Waals surface area contributed by atoms with Crippen molar-refractivity contribution >= 4 is 33.0 Å². The normalized spacial score (nSPS) is 18.1. The molecule has 0 spiro atoms. The number of hydrogen-bond donors (Lipinski definition) is 0. The summed E-state index contributed by atoms with van der Waals surface area (Å²) in [6.07, 6.45) is 2.23. The highest BCUT2D eigenvalue weighted by molar-refractivity contribution is 7.91. The average Bonchev–Trinajstić information content (AvgIpc) is 2.89. The Morgan fingerprint density at radius 3 is 2.74 bits per heavy atom. The summed E-state index contributed by atoms with van der Waals surface area (Å²) in [5.74, 6) is 0.510. The SMILES string of the molecule is CN(C1CCOCC1)S(=O)(=O)c1ccc(CCCl)s1. The maximum Gasteiger partial charge on any atom is 0.252 e. The van der Waals surface area contributed by atoms with E-state index in [1.807, 2.05) is 6.07 Å². The van der Waals surface area contributed by atoms with Crippen LogP contribution in [0.25, 0.3) is 0 Å². The molecule has 1 aliphatic heterocycles. The zero-order valence-corrected chi connectivity index (χ0v) is 13.2. The average molecular weight is 324 g/mol. The van der Waals surface area contributed by atoms with Crippen molar-refractivity contribution in [3.63, 3.8) is 0 Å². The lowest BCUT2D eigenvalue weighted by atomic mass is 10.1. The minimum atomic E-state index is -3.38. The Labute approximate surface area is 123 Å². The largest absolute Gasteiger partial charge is 0.381 e. The molecule has 1 aromatic rings. The zero-order valence-electron chi connectivity index (χ0n) is 10.8. The van der Waals surface area contributed by atoms with E-state index < -0.39 is 10.0 Å². The summed E-state index contributed by atoms with van der Waals surface area (Å²) in [6.45, 7) is 1.26. The minimum Gasteiger partial charge on any atom is -0.381 e. The van der Waals surface area contributed by atoms with Gasteiger partial charge < -0.3 is 4.74 Å². The second-order valence-electron chi connectivity index (χ2n) is 4.52. The maximum atomic E-state index is 12.5. The fourth-order valence-electron chi connectivity index (χ4n) is 2.11. The molecule has 0 aliphatic carbocycles. The molecule has 1 saturated heterocycles. The van der Waals surface area contributed by atoms with Crippen molar-refractivity contribution in [2.24, 2.45) is 0 Å². The van der Waals surface area contributed by atoms with Crippen LogP contribution in [0.4, 0.5) is 0 Å². The number of ether oxygens (including phenoxy) is 1. The molecule has 1 fully saturated rings. The molecule has 1 aromatic heterocycles. The molecule has 0 unspecified atom stereocenters. The molecule has 2 rings (SSSR count). The fourth-order valence-corrected chi connectivity index (χ4v) is 5.38. The predicted molar refractivity (Wildman–Crippen MR) is 77.5 cm³/mol. The molecule has 7 heteroatoms. The van der Waals surface area contributed by atoms with Gasteiger partial charge in [-0.2, -0.15) is 4.31 Å². The number of aryl methyl sites for hydroxylation is 1. The van der Waals surface area contributed by atoms with E-state index in [1.54, 1.807) is 13.1 Å². The number of thiophene rings is 1. The van der Waals surface area contributed by atoms with Crippen molar-refractivity contribution in [2.45, 2.75) is 29.5 Å². The smallest absolute Gasteiger partial charge is 0.252 e. The van der Waals surface area contributed by atoms with Gasteiger partial charge in [0.15, 0.2) is 0 Å². The second kappa shape index (κ2) is 6.54. The van der Waals surface area contributed by atoms with Crippen LogP contribution in [0.3, 0.4) is 0 Å². The molecule has 0 atom stereocenters. The molecule has 19 heavy (non-hydrogen) atoms. The standard InChI is InChI=1S/C12H18ClNO3S2/c1-14(10-5-8-17-9-6-10)19(15,16)12-3-2-11(18-12)4-7-13/h2-3,10H,4-9H2,1H3. The van der Waals surface area contributed by atoms with E-state index in [-0.39, 0.29) is 6.04 Å². The zero-order chi connectivity index (χ0) is 13.9. The lowest BCUT2D eigenvalue weighted by Crippen LogP contribution is -2.40. The highest BCUT2D eigenvalue weighted by atomic mass is 35.5. The van der Waals surface area contributed by atoms with Gasteiger partial charge in [-0.1, -0.05) is 0 Å². The highest BCUT2D eigenvalue weighted by Gasteiger charge is 2.30. The summed E-state index contributed by atoms with van der Waals surface area (Å²) in [5, 5.41) is 0. The van der Waals surface area contributed by atoms with Crippen LogP contribution in [-0.4, -0.2) is 44.9 Å². The predicted octanol–water partition coefficient (Wildman–Crippen LogP) is 2.33. The molecular formula is C12H18ClNO3S2. The quantitative estimate of drug-likeness (QED) is 0.781. The van der Waals surface area contributed by atoms with Gasteiger partial charge in [0.2, 0.25) is 0 Å². The number of halogens is 1. The molecule has 0 bridgehead atoms. The van der Waals surface area contributed by atoms with Gasteiger partial charge in [0.1, 0.15) is 4.21 Å². The minimum absolute atomic E-state index is 0.0392. The van der Waals surface area contributed by atoms with Crippen molar-refractivity contribution in [1.29, 1.82) is 0 Å². The molecule has 1 aliphatic rings. The van der Waals surface area contributed by atoms with Crippen molar-refractivity contribution in [1.82, 2.24) is 4.31 Å². The highest BCUT2D eigenvalue weighted by Crippen LogP contribution is 2.27. The molecule has 108 valence electrons. The van der Waals surface area contributed by atoms with Crippen molar-refractivity contribution in [3.8, 4) is 0 Å². The van der Waals surface area contributed by atoms with Gasteiger partial charge in [-0.25, -0.2) is 8.42 Å². The first kappa shape index (κ1) is 15.3. The third kappa shape index (κ3) is 3.49. The molecule has 0 aromatic carbocycles. The molecule has 2 heterocycles. The van der Waals surface area contributed by atoms with Gasteiger partial charge in [-0.15, -0.1) is 22.9 Å². The summed E-state index contributed by atoms with van der Waals surface area (Å²) < 4.78 is 32.2.